The van der Waals surface area contributed by atoms with E-state index in [0.29, 0.717) is 13.1 Å². The third-order valence-electron chi connectivity index (χ3n) is 4.58. The quantitative estimate of drug-likeness (QED) is 0.165. The molecule has 2 N–H and O–H groups in total. The highest BCUT2D eigenvalue weighted by molar-refractivity contribution is 5.86. The summed E-state index contributed by atoms with van der Waals surface area (Å²) in [4.78, 5) is 46.4. The molecule has 0 aliphatic heterocycles. The molecule has 10 nitrogen and oxygen atoms in total. The maximum absolute atomic E-state index is 11.9. The molecule has 0 heterocycles. The smallest absolute Gasteiger partial charge is 0.407 e. The van der Waals surface area contributed by atoms with Crippen LogP contribution < -0.4 is 10.6 Å². The molecule has 0 fully saturated rings. The number of carbonyl (C=O) groups is 4. The third-order valence-corrected chi connectivity index (χ3v) is 4.58. The summed E-state index contributed by atoms with van der Waals surface area (Å²) in [6.07, 6.45) is 0.401. The Morgan fingerprint density at radius 3 is 1.85 bits per heavy atom. The average molecular weight is 487 g/mol. The molecule has 0 aliphatic rings. The Balaban J connectivity index is 3.99. The van der Waals surface area contributed by atoms with Crippen molar-refractivity contribution in [3.05, 3.63) is 12.2 Å². The van der Waals surface area contributed by atoms with Crippen LogP contribution in [0, 0.1) is 16.7 Å². The molecule has 0 radical (unpaired) electrons. The van der Waals surface area contributed by atoms with Crippen LogP contribution in [0.1, 0.15) is 61.3 Å². The largest absolute Gasteiger partial charge is 0.462 e. The number of hydrogen-bond acceptors (Lipinski definition) is 8. The van der Waals surface area contributed by atoms with Crippen molar-refractivity contribution < 1.29 is 38.1 Å². The van der Waals surface area contributed by atoms with Gasteiger partial charge < -0.3 is 29.6 Å². The van der Waals surface area contributed by atoms with E-state index in [0.717, 1.165) is 12.8 Å². The molecule has 0 spiro atoms. The minimum absolute atomic E-state index is 0.0113. The summed E-state index contributed by atoms with van der Waals surface area (Å²) in [6.45, 7) is 17.2. The molecule has 0 aromatic carbocycles. The molecule has 0 bridgehead atoms. The van der Waals surface area contributed by atoms with Crippen molar-refractivity contribution in [3.63, 3.8) is 0 Å². The molecule has 0 saturated heterocycles. The lowest BCUT2D eigenvalue weighted by Gasteiger charge is -2.28. The molecule has 1 atom stereocenters. The lowest BCUT2D eigenvalue weighted by molar-refractivity contribution is -0.153. The standard InChI is InChI=1S/C24H42N2O8/c1-17(2)19(27)31-11-13-33-21(29)25-10-9-18(3)15-24(7,8)16-26-22(30)34-14-12-32-20(28)23(4,5)6/h18H,1,9-16H2,2-8H3,(H,25,29)(H,26,30). The second kappa shape index (κ2) is 15.2. The van der Waals surface area contributed by atoms with E-state index in [2.05, 4.69) is 24.1 Å². The number of esters is 2. The Morgan fingerprint density at radius 2 is 1.32 bits per heavy atom. The lowest BCUT2D eigenvalue weighted by atomic mass is 9.82. The van der Waals surface area contributed by atoms with E-state index in [1.54, 1.807) is 20.8 Å². The van der Waals surface area contributed by atoms with Gasteiger partial charge in [0, 0.05) is 18.7 Å². The molecule has 10 heteroatoms. The van der Waals surface area contributed by atoms with Crippen molar-refractivity contribution in [2.45, 2.75) is 61.3 Å². The Morgan fingerprint density at radius 1 is 0.824 bits per heavy atom. The maximum atomic E-state index is 11.9. The maximum Gasteiger partial charge on any atom is 0.407 e. The van der Waals surface area contributed by atoms with E-state index >= 15 is 0 Å². The fourth-order valence-corrected chi connectivity index (χ4v) is 2.83. The number of nitrogens with one attached hydrogen (secondary N) is 2. The second-order valence-corrected chi connectivity index (χ2v) is 10.1. The number of ether oxygens (including phenoxy) is 4. The molecule has 196 valence electrons. The summed E-state index contributed by atoms with van der Waals surface area (Å²) < 4.78 is 19.9. The highest BCUT2D eigenvalue weighted by Crippen LogP contribution is 2.26. The van der Waals surface area contributed by atoms with E-state index in [-0.39, 0.29) is 49.3 Å². The zero-order valence-electron chi connectivity index (χ0n) is 21.7. The average Bonchev–Trinajstić information content (AvgIpc) is 2.71. The summed E-state index contributed by atoms with van der Waals surface area (Å²) in [5.41, 5.74) is -0.502. The van der Waals surface area contributed by atoms with Crippen molar-refractivity contribution in [1.29, 1.82) is 0 Å². The predicted octanol–water partition coefficient (Wildman–Crippen LogP) is 3.59. The molecule has 2 amide bonds. The summed E-state index contributed by atoms with van der Waals surface area (Å²) in [6, 6.07) is 0. The van der Waals surface area contributed by atoms with Crippen molar-refractivity contribution in [3.8, 4) is 0 Å². The van der Waals surface area contributed by atoms with Crippen LogP contribution in [-0.2, 0) is 28.5 Å². The predicted molar refractivity (Wildman–Crippen MR) is 127 cm³/mol. The normalized spacial score (nSPS) is 12.2. The van der Waals surface area contributed by atoms with Crippen molar-refractivity contribution in [2.24, 2.45) is 16.7 Å². The van der Waals surface area contributed by atoms with Crippen molar-refractivity contribution in [1.82, 2.24) is 10.6 Å². The van der Waals surface area contributed by atoms with E-state index in [9.17, 15) is 19.2 Å². The van der Waals surface area contributed by atoms with Crippen LogP contribution in [0.25, 0.3) is 0 Å². The van der Waals surface area contributed by atoms with Crippen LogP contribution in [0.2, 0.25) is 0 Å². The van der Waals surface area contributed by atoms with E-state index in [1.165, 1.54) is 6.92 Å². The summed E-state index contributed by atoms with van der Waals surface area (Å²) in [5, 5.41) is 5.39. The Kier molecular flexibility index (Phi) is 13.9. The number of carbonyl (C=O) groups excluding carboxylic acids is 4. The van der Waals surface area contributed by atoms with Gasteiger partial charge in [0.05, 0.1) is 5.41 Å². The first-order valence-corrected chi connectivity index (χ1v) is 11.4. The summed E-state index contributed by atoms with van der Waals surface area (Å²) in [7, 11) is 0. The van der Waals surface area contributed by atoms with Gasteiger partial charge in [0.25, 0.3) is 0 Å². The van der Waals surface area contributed by atoms with Gasteiger partial charge in [-0.15, -0.1) is 0 Å². The van der Waals surface area contributed by atoms with Crippen LogP contribution in [-0.4, -0.2) is 63.6 Å². The minimum Gasteiger partial charge on any atom is -0.462 e. The Bertz CT molecular complexity index is 698. The van der Waals surface area contributed by atoms with Gasteiger partial charge in [-0.25, -0.2) is 14.4 Å². The number of alkyl carbamates (subject to hydrolysis) is 2. The number of rotatable bonds is 14. The van der Waals surface area contributed by atoms with Gasteiger partial charge in [0.2, 0.25) is 0 Å². The summed E-state index contributed by atoms with van der Waals surface area (Å²) >= 11 is 0. The van der Waals surface area contributed by atoms with Gasteiger partial charge in [-0.1, -0.05) is 27.4 Å². The van der Waals surface area contributed by atoms with Crippen molar-refractivity contribution in [2.75, 3.05) is 39.5 Å². The first-order valence-electron chi connectivity index (χ1n) is 11.4. The van der Waals surface area contributed by atoms with E-state index in [4.69, 9.17) is 18.9 Å². The van der Waals surface area contributed by atoms with Crippen LogP contribution in [0.15, 0.2) is 12.2 Å². The highest BCUT2D eigenvalue weighted by Gasteiger charge is 2.24. The first kappa shape index (κ1) is 31.2. The minimum atomic E-state index is -0.597. The zero-order chi connectivity index (χ0) is 26.4. The fourth-order valence-electron chi connectivity index (χ4n) is 2.83. The molecule has 0 aromatic heterocycles. The van der Waals surface area contributed by atoms with E-state index < -0.39 is 23.6 Å². The Labute approximate surface area is 203 Å². The van der Waals surface area contributed by atoms with Gasteiger partial charge in [-0.3, -0.25) is 4.79 Å². The molecule has 34 heavy (non-hydrogen) atoms. The molecule has 1 unspecified atom stereocenters. The molecule has 0 aliphatic carbocycles. The third kappa shape index (κ3) is 15.9. The van der Waals surface area contributed by atoms with Crippen LogP contribution in [0.3, 0.4) is 0 Å². The summed E-state index contributed by atoms with van der Waals surface area (Å²) in [5.74, 6) is -0.593. The highest BCUT2D eigenvalue weighted by atomic mass is 16.6. The molecular formula is C24H42N2O8. The van der Waals surface area contributed by atoms with Crippen LogP contribution in [0.5, 0.6) is 0 Å². The van der Waals surface area contributed by atoms with Crippen LogP contribution >= 0.6 is 0 Å². The van der Waals surface area contributed by atoms with Crippen molar-refractivity contribution >= 4 is 24.1 Å². The molecule has 0 saturated carbocycles. The monoisotopic (exact) mass is 486 g/mol. The van der Waals surface area contributed by atoms with Gasteiger partial charge in [-0.05, 0) is 51.9 Å². The zero-order valence-corrected chi connectivity index (χ0v) is 21.7. The molecule has 0 rings (SSSR count). The first-order chi connectivity index (χ1) is 15.6. The fraction of sp³-hybridized carbons (Fsp3) is 0.750. The van der Waals surface area contributed by atoms with Gasteiger partial charge in [0.15, 0.2) is 0 Å². The SMILES string of the molecule is C=C(C)C(=O)OCCOC(=O)NCCC(C)CC(C)(C)CNC(=O)OCCOC(=O)C(C)(C)C. The van der Waals surface area contributed by atoms with E-state index in [1.807, 2.05) is 13.8 Å². The molecular weight excluding hydrogens is 444 g/mol. The van der Waals surface area contributed by atoms with Gasteiger partial charge in [0.1, 0.15) is 26.4 Å². The number of amides is 2. The van der Waals surface area contributed by atoms with Gasteiger partial charge in [-0.2, -0.15) is 0 Å². The molecule has 0 aromatic rings. The second-order valence-electron chi connectivity index (χ2n) is 10.1. The topological polar surface area (TPSA) is 129 Å². The van der Waals surface area contributed by atoms with Crippen LogP contribution in [0.4, 0.5) is 9.59 Å². The Hall–Kier alpha value is -2.78. The lowest BCUT2D eigenvalue weighted by Crippen LogP contribution is -2.36. The van der Waals surface area contributed by atoms with Gasteiger partial charge >= 0.3 is 24.1 Å². The number of hydrogen-bond donors (Lipinski definition) is 2.